The van der Waals surface area contributed by atoms with E-state index in [0.717, 1.165) is 25.0 Å². The number of hydrogen-bond acceptors (Lipinski definition) is 3. The van der Waals surface area contributed by atoms with Crippen molar-refractivity contribution in [1.82, 2.24) is 4.90 Å². The van der Waals surface area contributed by atoms with E-state index in [9.17, 15) is 4.79 Å². The fraction of sp³-hybridized carbons (Fsp3) is 0.480. The number of ether oxygens (including phenoxy) is 2. The van der Waals surface area contributed by atoms with Crippen LogP contribution in [0, 0.1) is 0 Å². The van der Waals surface area contributed by atoms with Gasteiger partial charge in [-0.2, -0.15) is 0 Å². The van der Waals surface area contributed by atoms with Crippen LogP contribution in [-0.4, -0.2) is 36.2 Å². The molecule has 0 N–H and O–H groups in total. The molecule has 2 aromatic rings. The molecule has 1 saturated heterocycles. The summed E-state index contributed by atoms with van der Waals surface area (Å²) < 4.78 is 11.8. The number of carbonyl (C=O) groups excluding carboxylic acids is 1. The summed E-state index contributed by atoms with van der Waals surface area (Å²) in [6, 6.07) is 15.6. The number of halogens is 1. The van der Waals surface area contributed by atoms with Crippen LogP contribution >= 0.6 is 11.6 Å². The Labute approximate surface area is 185 Å². The Morgan fingerprint density at radius 1 is 1.17 bits per heavy atom. The van der Waals surface area contributed by atoms with Gasteiger partial charge in [-0.25, -0.2) is 0 Å². The van der Waals surface area contributed by atoms with Crippen LogP contribution in [0.1, 0.15) is 51.7 Å². The van der Waals surface area contributed by atoms with Crippen LogP contribution in [0.25, 0.3) is 0 Å². The third-order valence-electron chi connectivity index (χ3n) is 5.43. The molecule has 2 atom stereocenters. The predicted octanol–water partition coefficient (Wildman–Crippen LogP) is 5.61. The van der Waals surface area contributed by atoms with E-state index in [1.54, 1.807) is 0 Å². The number of rotatable bonds is 7. The molecule has 2 aromatic carbocycles. The van der Waals surface area contributed by atoms with Crippen molar-refractivity contribution in [2.75, 3.05) is 13.2 Å². The minimum absolute atomic E-state index is 0.0413. The van der Waals surface area contributed by atoms with Crippen molar-refractivity contribution < 1.29 is 14.3 Å². The maximum atomic E-state index is 13.3. The fourth-order valence-electron chi connectivity index (χ4n) is 3.62. The highest BCUT2D eigenvalue weighted by Crippen LogP contribution is 2.25. The average molecular weight is 430 g/mol. The second-order valence-electron chi connectivity index (χ2n) is 9.01. The lowest BCUT2D eigenvalue weighted by Crippen LogP contribution is -2.43. The van der Waals surface area contributed by atoms with Gasteiger partial charge in [0.05, 0.1) is 6.10 Å². The van der Waals surface area contributed by atoms with Gasteiger partial charge in [0.15, 0.2) is 6.10 Å². The fourth-order valence-corrected chi connectivity index (χ4v) is 3.75. The van der Waals surface area contributed by atoms with E-state index < -0.39 is 6.10 Å². The zero-order chi connectivity index (χ0) is 21.7. The smallest absolute Gasteiger partial charge is 0.263 e. The molecule has 1 aliphatic heterocycles. The molecule has 0 aliphatic carbocycles. The summed E-state index contributed by atoms with van der Waals surface area (Å²) in [6.07, 6.45) is 1.52. The Kier molecular flexibility index (Phi) is 7.43. The van der Waals surface area contributed by atoms with Gasteiger partial charge in [-0.3, -0.25) is 4.79 Å². The van der Waals surface area contributed by atoms with Crippen molar-refractivity contribution in [2.24, 2.45) is 0 Å². The zero-order valence-electron chi connectivity index (χ0n) is 18.4. The molecular formula is C25H32ClNO3. The Hall–Kier alpha value is -2.04. The summed E-state index contributed by atoms with van der Waals surface area (Å²) in [7, 11) is 0. The van der Waals surface area contributed by atoms with Gasteiger partial charge in [-0.1, -0.05) is 56.6 Å². The molecular weight excluding hydrogens is 398 g/mol. The molecule has 1 amide bonds. The highest BCUT2D eigenvalue weighted by atomic mass is 35.5. The van der Waals surface area contributed by atoms with E-state index in [1.165, 1.54) is 5.56 Å². The van der Waals surface area contributed by atoms with Crippen LogP contribution < -0.4 is 4.74 Å². The van der Waals surface area contributed by atoms with E-state index in [4.69, 9.17) is 21.1 Å². The summed E-state index contributed by atoms with van der Waals surface area (Å²) >= 11 is 6.01. The van der Waals surface area contributed by atoms with Crippen LogP contribution in [0.2, 0.25) is 5.02 Å². The highest BCUT2D eigenvalue weighted by Gasteiger charge is 2.27. The summed E-state index contributed by atoms with van der Waals surface area (Å²) in [6.45, 7) is 10.2. The quantitative estimate of drug-likeness (QED) is 0.574. The molecule has 30 heavy (non-hydrogen) atoms. The first-order chi connectivity index (χ1) is 14.2. The molecule has 162 valence electrons. The molecule has 3 rings (SSSR count). The molecule has 0 aromatic heterocycles. The minimum Gasteiger partial charge on any atom is -0.481 e. The standard InChI is InChI=1S/C25H32ClNO3/c1-18(30-22-13-9-20(10-14-22)25(2,3)4)24(28)27(17-23-6-5-15-29-23)16-19-7-11-21(26)12-8-19/h7-14,18,23H,5-6,15-17H2,1-4H3/t18-,23-/m0/s1. The maximum Gasteiger partial charge on any atom is 0.263 e. The number of nitrogens with zero attached hydrogens (tertiary/aromatic N) is 1. The molecule has 5 heteroatoms. The second-order valence-corrected chi connectivity index (χ2v) is 9.45. The first-order valence-electron chi connectivity index (χ1n) is 10.6. The van der Waals surface area contributed by atoms with Gasteiger partial charge in [-0.05, 0) is 60.6 Å². The number of benzene rings is 2. The largest absolute Gasteiger partial charge is 0.481 e. The van der Waals surface area contributed by atoms with Crippen LogP contribution in [0.5, 0.6) is 5.75 Å². The summed E-state index contributed by atoms with van der Waals surface area (Å²) in [4.78, 5) is 15.1. The Morgan fingerprint density at radius 3 is 2.40 bits per heavy atom. The second kappa shape index (κ2) is 9.84. The van der Waals surface area contributed by atoms with E-state index in [-0.39, 0.29) is 17.4 Å². The topological polar surface area (TPSA) is 38.8 Å². The molecule has 0 spiro atoms. The SMILES string of the molecule is C[C@H](Oc1ccc(C(C)(C)C)cc1)C(=O)N(Cc1ccc(Cl)cc1)C[C@@H]1CCCO1. The van der Waals surface area contributed by atoms with Crippen LogP contribution in [0.15, 0.2) is 48.5 Å². The van der Waals surface area contributed by atoms with Gasteiger partial charge in [0, 0.05) is 24.7 Å². The predicted molar refractivity (Wildman–Crippen MR) is 121 cm³/mol. The van der Waals surface area contributed by atoms with Crippen LogP contribution in [0.4, 0.5) is 0 Å². The zero-order valence-corrected chi connectivity index (χ0v) is 19.1. The van der Waals surface area contributed by atoms with Gasteiger partial charge in [0.2, 0.25) is 0 Å². The molecule has 1 aliphatic rings. The van der Waals surface area contributed by atoms with Crippen molar-refractivity contribution in [1.29, 1.82) is 0 Å². The number of hydrogen-bond donors (Lipinski definition) is 0. The molecule has 0 saturated carbocycles. The van der Waals surface area contributed by atoms with Gasteiger partial charge in [-0.15, -0.1) is 0 Å². The number of carbonyl (C=O) groups is 1. The third-order valence-corrected chi connectivity index (χ3v) is 5.68. The lowest BCUT2D eigenvalue weighted by Gasteiger charge is -2.28. The first kappa shape index (κ1) is 22.6. The number of amides is 1. The van der Waals surface area contributed by atoms with Crippen molar-refractivity contribution in [3.63, 3.8) is 0 Å². The first-order valence-corrected chi connectivity index (χ1v) is 11.0. The molecule has 4 nitrogen and oxygen atoms in total. The van der Waals surface area contributed by atoms with Gasteiger partial charge in [0.25, 0.3) is 5.91 Å². The van der Waals surface area contributed by atoms with Crippen molar-refractivity contribution in [2.45, 2.75) is 64.7 Å². The molecule has 1 heterocycles. The van der Waals surface area contributed by atoms with Crippen molar-refractivity contribution >= 4 is 17.5 Å². The van der Waals surface area contributed by atoms with Crippen molar-refractivity contribution in [3.05, 3.63) is 64.7 Å². The summed E-state index contributed by atoms with van der Waals surface area (Å²) in [5.41, 5.74) is 2.35. The van der Waals surface area contributed by atoms with Gasteiger partial charge in [0.1, 0.15) is 5.75 Å². The minimum atomic E-state index is -0.584. The lowest BCUT2D eigenvalue weighted by atomic mass is 9.87. The van der Waals surface area contributed by atoms with E-state index in [2.05, 4.69) is 32.9 Å². The van der Waals surface area contributed by atoms with E-state index in [0.29, 0.717) is 23.9 Å². The normalized spacial score (nSPS) is 17.6. The van der Waals surface area contributed by atoms with Crippen LogP contribution in [0.3, 0.4) is 0 Å². The third kappa shape index (κ3) is 6.23. The van der Waals surface area contributed by atoms with Crippen molar-refractivity contribution in [3.8, 4) is 5.75 Å². The molecule has 0 unspecified atom stereocenters. The average Bonchev–Trinajstić information content (AvgIpc) is 3.21. The van der Waals surface area contributed by atoms with E-state index in [1.807, 2.05) is 48.2 Å². The summed E-state index contributed by atoms with van der Waals surface area (Å²) in [5, 5.41) is 0.686. The monoisotopic (exact) mass is 429 g/mol. The Bertz CT molecular complexity index is 821. The van der Waals surface area contributed by atoms with Crippen LogP contribution in [-0.2, 0) is 21.5 Å². The van der Waals surface area contributed by atoms with Gasteiger partial charge >= 0.3 is 0 Å². The molecule has 1 fully saturated rings. The molecule has 0 bridgehead atoms. The Morgan fingerprint density at radius 2 is 1.83 bits per heavy atom. The van der Waals surface area contributed by atoms with Gasteiger partial charge < -0.3 is 14.4 Å². The van der Waals surface area contributed by atoms with E-state index >= 15 is 0 Å². The lowest BCUT2D eigenvalue weighted by molar-refractivity contribution is -0.140. The Balaban J connectivity index is 1.69. The highest BCUT2D eigenvalue weighted by molar-refractivity contribution is 6.30. The maximum absolute atomic E-state index is 13.3. The molecule has 0 radical (unpaired) electrons. The summed E-state index contributed by atoms with van der Waals surface area (Å²) in [5.74, 6) is 0.660.